The minimum atomic E-state index is -1.21. The highest BCUT2D eigenvalue weighted by Crippen LogP contribution is 2.65. The van der Waals surface area contributed by atoms with Gasteiger partial charge in [0.05, 0.1) is 0 Å². The molecule has 0 amide bonds. The quantitative estimate of drug-likeness (QED) is 0.683. The van der Waals surface area contributed by atoms with Gasteiger partial charge in [-0.3, -0.25) is 9.59 Å². The van der Waals surface area contributed by atoms with Gasteiger partial charge in [0.1, 0.15) is 5.76 Å². The van der Waals surface area contributed by atoms with Gasteiger partial charge in [0, 0.05) is 11.3 Å². The number of rotatable bonds is 0. The van der Waals surface area contributed by atoms with Crippen LogP contribution in [0.1, 0.15) is 58.8 Å². The molecular formula is C19H25FO3. The number of hydrogen-bond donors (Lipinski definition) is 1. The van der Waals surface area contributed by atoms with E-state index < -0.39 is 34.5 Å². The van der Waals surface area contributed by atoms with E-state index in [1.54, 1.807) is 0 Å². The Hall–Kier alpha value is -1.19. The molecule has 3 saturated carbocycles. The topological polar surface area (TPSA) is 54.4 Å². The third-order valence-electron chi connectivity index (χ3n) is 7.95. The van der Waals surface area contributed by atoms with Crippen LogP contribution in [-0.4, -0.2) is 16.7 Å². The molecular weight excluding hydrogens is 295 g/mol. The lowest BCUT2D eigenvalue weighted by Crippen LogP contribution is -2.58. The van der Waals surface area contributed by atoms with Crippen molar-refractivity contribution in [3.8, 4) is 0 Å². The van der Waals surface area contributed by atoms with E-state index in [0.717, 1.165) is 19.3 Å². The predicted molar refractivity (Wildman–Crippen MR) is 83.3 cm³/mol. The summed E-state index contributed by atoms with van der Waals surface area (Å²) >= 11 is 0. The van der Waals surface area contributed by atoms with E-state index in [0.29, 0.717) is 23.7 Å². The van der Waals surface area contributed by atoms with Crippen molar-refractivity contribution in [1.82, 2.24) is 0 Å². The normalized spacial score (nSPS) is 49.7. The van der Waals surface area contributed by atoms with Gasteiger partial charge in [-0.1, -0.05) is 20.3 Å². The van der Waals surface area contributed by atoms with Gasteiger partial charge < -0.3 is 5.11 Å². The maximum absolute atomic E-state index is 13.9. The lowest BCUT2D eigenvalue weighted by atomic mass is 9.45. The molecule has 0 heterocycles. The van der Waals surface area contributed by atoms with Gasteiger partial charge in [0.2, 0.25) is 11.6 Å². The molecule has 3 nitrogen and oxygen atoms in total. The Balaban J connectivity index is 1.77. The molecule has 0 aliphatic heterocycles. The van der Waals surface area contributed by atoms with Crippen molar-refractivity contribution in [3.63, 3.8) is 0 Å². The number of carbonyl (C=O) groups is 2. The van der Waals surface area contributed by atoms with Crippen molar-refractivity contribution < 1.29 is 19.1 Å². The molecule has 1 unspecified atom stereocenters. The van der Waals surface area contributed by atoms with Crippen LogP contribution in [0.4, 0.5) is 4.39 Å². The summed E-state index contributed by atoms with van der Waals surface area (Å²) in [5.74, 6) is -2.75. The van der Waals surface area contributed by atoms with Crippen molar-refractivity contribution in [2.75, 3.05) is 0 Å². The molecule has 126 valence electrons. The van der Waals surface area contributed by atoms with Gasteiger partial charge in [0.15, 0.2) is 0 Å². The summed E-state index contributed by atoms with van der Waals surface area (Å²) in [6.07, 6.45) is 7.25. The molecule has 1 N–H and O–H groups in total. The average molecular weight is 320 g/mol. The van der Waals surface area contributed by atoms with Crippen molar-refractivity contribution in [2.45, 2.75) is 58.8 Å². The van der Waals surface area contributed by atoms with Crippen LogP contribution in [0, 0.1) is 34.5 Å². The fourth-order valence-corrected chi connectivity index (χ4v) is 6.71. The number of hydrogen-bond acceptors (Lipinski definition) is 3. The standard InChI is InChI=1S/C19H25FO3/c1-18-8-3-4-11(18)10-5-6-13-15(21)14(20)16(22)17(23)19(13,2)12(10)7-9-18/h10-13,21H,3-9H2,1-2H3/t10-,11-,12-,13?,18-,19+/m0/s1. The van der Waals surface area contributed by atoms with E-state index in [9.17, 15) is 19.1 Å². The Labute approximate surface area is 136 Å². The second kappa shape index (κ2) is 4.67. The number of ketones is 2. The van der Waals surface area contributed by atoms with Gasteiger partial charge in [-0.05, 0) is 61.7 Å². The molecule has 3 fully saturated rings. The second-order valence-corrected chi connectivity index (χ2v) is 8.73. The number of Topliss-reactive ketones (excluding diaryl/α,β-unsaturated/α-hetero) is 2. The van der Waals surface area contributed by atoms with Crippen molar-refractivity contribution >= 4 is 11.6 Å². The molecule has 23 heavy (non-hydrogen) atoms. The van der Waals surface area contributed by atoms with Crippen LogP contribution >= 0.6 is 0 Å². The van der Waals surface area contributed by atoms with E-state index in [2.05, 4.69) is 6.92 Å². The first kappa shape index (κ1) is 15.3. The summed E-state index contributed by atoms with van der Waals surface area (Å²) in [5, 5.41) is 10.2. The van der Waals surface area contributed by atoms with Gasteiger partial charge in [0.25, 0.3) is 5.78 Å². The van der Waals surface area contributed by atoms with Gasteiger partial charge in [-0.15, -0.1) is 0 Å². The maximum atomic E-state index is 13.9. The summed E-state index contributed by atoms with van der Waals surface area (Å²) in [6, 6.07) is 0. The molecule has 4 aliphatic carbocycles. The Morgan fingerprint density at radius 1 is 1.04 bits per heavy atom. The Bertz CT molecular complexity index is 624. The summed E-state index contributed by atoms with van der Waals surface area (Å²) in [4.78, 5) is 24.7. The number of aliphatic hydroxyl groups excluding tert-OH is 1. The highest BCUT2D eigenvalue weighted by Gasteiger charge is 2.63. The minimum Gasteiger partial charge on any atom is -0.509 e. The molecule has 0 aromatic carbocycles. The van der Waals surface area contributed by atoms with E-state index in [4.69, 9.17) is 0 Å². The molecule has 4 rings (SSSR count). The molecule has 0 radical (unpaired) electrons. The zero-order chi connectivity index (χ0) is 16.6. The second-order valence-electron chi connectivity index (χ2n) is 8.73. The first-order valence-corrected chi connectivity index (χ1v) is 8.98. The molecule has 0 aromatic heterocycles. The highest BCUT2D eigenvalue weighted by atomic mass is 19.1. The summed E-state index contributed by atoms with van der Waals surface area (Å²) in [5.41, 5.74) is -0.543. The summed E-state index contributed by atoms with van der Waals surface area (Å²) in [6.45, 7) is 4.19. The van der Waals surface area contributed by atoms with Crippen molar-refractivity contribution in [2.24, 2.45) is 34.5 Å². The van der Waals surface area contributed by atoms with E-state index >= 15 is 0 Å². The van der Waals surface area contributed by atoms with Crippen LogP contribution in [0.5, 0.6) is 0 Å². The number of aliphatic hydroxyl groups is 1. The Morgan fingerprint density at radius 3 is 2.52 bits per heavy atom. The lowest BCUT2D eigenvalue weighted by Gasteiger charge is -2.57. The monoisotopic (exact) mass is 320 g/mol. The lowest BCUT2D eigenvalue weighted by molar-refractivity contribution is -0.158. The minimum absolute atomic E-state index is 0.101. The fraction of sp³-hybridized carbons (Fsp3) is 0.789. The van der Waals surface area contributed by atoms with Crippen LogP contribution in [0.15, 0.2) is 11.6 Å². The molecule has 0 spiro atoms. The molecule has 0 aromatic rings. The summed E-state index contributed by atoms with van der Waals surface area (Å²) in [7, 11) is 0. The van der Waals surface area contributed by atoms with Gasteiger partial charge in [-0.2, -0.15) is 4.39 Å². The SMILES string of the molecule is C[C@@]12CCC[C@H]1[C@@H]1CCC3C(O)=C(F)C(=O)C(=O)[C@]3(C)[C@H]1CC2. The molecule has 4 aliphatic rings. The maximum Gasteiger partial charge on any atom is 0.260 e. The number of carbonyl (C=O) groups excluding carboxylic acids is 2. The van der Waals surface area contributed by atoms with Gasteiger partial charge >= 0.3 is 0 Å². The van der Waals surface area contributed by atoms with Crippen LogP contribution < -0.4 is 0 Å². The highest BCUT2D eigenvalue weighted by molar-refractivity contribution is 6.45. The first-order chi connectivity index (χ1) is 10.8. The third-order valence-corrected chi connectivity index (χ3v) is 7.95. The number of halogens is 1. The smallest absolute Gasteiger partial charge is 0.260 e. The van der Waals surface area contributed by atoms with E-state index in [1.165, 1.54) is 19.3 Å². The number of fused-ring (bicyclic) bond motifs is 5. The zero-order valence-corrected chi connectivity index (χ0v) is 13.9. The first-order valence-electron chi connectivity index (χ1n) is 8.98. The van der Waals surface area contributed by atoms with E-state index in [1.807, 2.05) is 6.92 Å². The van der Waals surface area contributed by atoms with Crippen molar-refractivity contribution in [1.29, 1.82) is 0 Å². The van der Waals surface area contributed by atoms with Gasteiger partial charge in [-0.25, -0.2) is 0 Å². The van der Waals surface area contributed by atoms with Crippen LogP contribution in [-0.2, 0) is 9.59 Å². The molecule has 0 saturated heterocycles. The summed E-state index contributed by atoms with van der Waals surface area (Å²) < 4.78 is 13.9. The van der Waals surface area contributed by atoms with Crippen LogP contribution in [0.2, 0.25) is 0 Å². The van der Waals surface area contributed by atoms with Crippen LogP contribution in [0.25, 0.3) is 0 Å². The van der Waals surface area contributed by atoms with Crippen molar-refractivity contribution in [3.05, 3.63) is 11.6 Å². The molecule has 4 heteroatoms. The van der Waals surface area contributed by atoms with Crippen LogP contribution in [0.3, 0.4) is 0 Å². The Morgan fingerprint density at radius 2 is 1.78 bits per heavy atom. The number of allylic oxidation sites excluding steroid dienone is 2. The molecule has 6 atom stereocenters. The third kappa shape index (κ3) is 1.75. The fourth-order valence-electron chi connectivity index (χ4n) is 6.71. The zero-order valence-electron chi connectivity index (χ0n) is 13.9. The Kier molecular flexibility index (Phi) is 3.12. The average Bonchev–Trinajstić information content (AvgIpc) is 2.93. The predicted octanol–water partition coefficient (Wildman–Crippen LogP) is 4.13. The molecule has 0 bridgehead atoms. The van der Waals surface area contributed by atoms with E-state index in [-0.39, 0.29) is 5.92 Å². The largest absolute Gasteiger partial charge is 0.509 e.